The van der Waals surface area contributed by atoms with Crippen molar-refractivity contribution >= 4 is 0 Å². The van der Waals surface area contributed by atoms with Crippen molar-refractivity contribution in [1.82, 2.24) is 19.9 Å². The van der Waals surface area contributed by atoms with E-state index in [1.54, 1.807) is 18.7 Å². The molecule has 0 aliphatic heterocycles. The quantitative estimate of drug-likeness (QED) is 0.784. The molecular weight excluding hydrogens is 176 g/mol. The van der Waals surface area contributed by atoms with Crippen molar-refractivity contribution < 1.29 is 0 Å². The zero-order valence-electron chi connectivity index (χ0n) is 8.23. The van der Waals surface area contributed by atoms with Gasteiger partial charge < -0.3 is 4.98 Å². The van der Waals surface area contributed by atoms with Crippen LogP contribution in [0.5, 0.6) is 0 Å². The maximum Gasteiger partial charge on any atom is 0.156 e. The topological polar surface area (TPSA) is 54.5 Å². The molecular formula is C10H12N4. The van der Waals surface area contributed by atoms with Gasteiger partial charge in [-0.25, -0.2) is 15.0 Å². The highest BCUT2D eigenvalue weighted by Gasteiger charge is 2.05. The van der Waals surface area contributed by atoms with Crippen LogP contribution in [-0.4, -0.2) is 19.9 Å². The van der Waals surface area contributed by atoms with E-state index in [1.807, 2.05) is 6.07 Å². The number of imidazole rings is 1. The number of nitrogens with one attached hydrogen (secondary N) is 1. The van der Waals surface area contributed by atoms with Gasteiger partial charge in [0, 0.05) is 18.1 Å². The lowest BCUT2D eigenvalue weighted by Gasteiger charge is -2.04. The number of hydrogen-bond donors (Lipinski definition) is 1. The van der Waals surface area contributed by atoms with Crippen LogP contribution < -0.4 is 0 Å². The molecule has 0 atom stereocenters. The van der Waals surface area contributed by atoms with Crippen molar-refractivity contribution in [1.29, 1.82) is 0 Å². The Labute approximate surface area is 82.5 Å². The summed E-state index contributed by atoms with van der Waals surface area (Å²) in [6, 6.07) is 1.96. The fourth-order valence-corrected chi connectivity index (χ4v) is 1.22. The SMILES string of the molecule is CC(C)c1cc(-c2ncc[nH]2)ncn1. The fourth-order valence-electron chi connectivity index (χ4n) is 1.22. The molecule has 0 saturated heterocycles. The van der Waals surface area contributed by atoms with Crippen LogP contribution in [0.2, 0.25) is 0 Å². The molecule has 2 rings (SSSR count). The first-order chi connectivity index (χ1) is 6.77. The van der Waals surface area contributed by atoms with Crippen LogP contribution in [0, 0.1) is 0 Å². The van der Waals surface area contributed by atoms with Gasteiger partial charge in [-0.2, -0.15) is 0 Å². The zero-order chi connectivity index (χ0) is 9.97. The first-order valence-corrected chi connectivity index (χ1v) is 4.59. The van der Waals surface area contributed by atoms with Crippen LogP contribution in [0.1, 0.15) is 25.5 Å². The Morgan fingerprint density at radius 2 is 2.07 bits per heavy atom. The highest BCUT2D eigenvalue weighted by molar-refractivity contribution is 5.48. The van der Waals surface area contributed by atoms with Gasteiger partial charge in [0.1, 0.15) is 12.0 Å². The third-order valence-electron chi connectivity index (χ3n) is 2.02. The Balaban J connectivity index is 2.41. The molecule has 0 radical (unpaired) electrons. The second kappa shape index (κ2) is 3.57. The summed E-state index contributed by atoms with van der Waals surface area (Å²) in [6.45, 7) is 4.21. The van der Waals surface area contributed by atoms with E-state index in [1.165, 1.54) is 0 Å². The molecule has 4 heteroatoms. The largest absolute Gasteiger partial charge is 0.343 e. The van der Waals surface area contributed by atoms with E-state index >= 15 is 0 Å². The Morgan fingerprint density at radius 3 is 2.71 bits per heavy atom. The van der Waals surface area contributed by atoms with Crippen molar-refractivity contribution in [2.45, 2.75) is 19.8 Å². The second-order valence-electron chi connectivity index (χ2n) is 3.42. The van der Waals surface area contributed by atoms with Gasteiger partial charge in [-0.1, -0.05) is 13.8 Å². The minimum Gasteiger partial charge on any atom is -0.343 e. The van der Waals surface area contributed by atoms with Crippen LogP contribution >= 0.6 is 0 Å². The molecule has 0 bridgehead atoms. The van der Waals surface area contributed by atoms with Gasteiger partial charge in [-0.05, 0) is 12.0 Å². The molecule has 0 aliphatic rings. The van der Waals surface area contributed by atoms with E-state index < -0.39 is 0 Å². The van der Waals surface area contributed by atoms with Crippen LogP contribution in [0.4, 0.5) is 0 Å². The van der Waals surface area contributed by atoms with E-state index in [4.69, 9.17) is 0 Å². The average molecular weight is 188 g/mol. The van der Waals surface area contributed by atoms with Crippen molar-refractivity contribution in [3.8, 4) is 11.5 Å². The Bertz CT molecular complexity index is 406. The van der Waals surface area contributed by atoms with Gasteiger partial charge in [0.05, 0.1) is 0 Å². The number of nitrogens with zero attached hydrogens (tertiary/aromatic N) is 3. The summed E-state index contributed by atoms with van der Waals surface area (Å²) in [5.74, 6) is 1.20. The molecule has 0 amide bonds. The molecule has 0 saturated carbocycles. The first-order valence-electron chi connectivity index (χ1n) is 4.59. The first kappa shape index (κ1) is 8.87. The summed E-state index contributed by atoms with van der Waals surface area (Å²) in [7, 11) is 0. The highest BCUT2D eigenvalue weighted by atomic mass is 14.9. The molecule has 0 aliphatic carbocycles. The molecule has 0 spiro atoms. The Kier molecular flexibility index (Phi) is 2.26. The van der Waals surface area contributed by atoms with Crippen molar-refractivity contribution in [3.63, 3.8) is 0 Å². The van der Waals surface area contributed by atoms with Crippen molar-refractivity contribution in [2.75, 3.05) is 0 Å². The molecule has 4 nitrogen and oxygen atoms in total. The summed E-state index contributed by atoms with van der Waals surface area (Å²) in [4.78, 5) is 15.5. The molecule has 2 aromatic rings. The second-order valence-corrected chi connectivity index (χ2v) is 3.42. The molecule has 0 fully saturated rings. The highest BCUT2D eigenvalue weighted by Crippen LogP contribution is 2.16. The molecule has 0 unspecified atom stereocenters. The maximum atomic E-state index is 4.20. The third kappa shape index (κ3) is 1.64. The zero-order valence-corrected chi connectivity index (χ0v) is 8.23. The molecule has 2 aromatic heterocycles. The van der Waals surface area contributed by atoms with Gasteiger partial charge in [-0.15, -0.1) is 0 Å². The predicted molar refractivity (Wildman–Crippen MR) is 53.7 cm³/mol. The van der Waals surface area contributed by atoms with Gasteiger partial charge in [0.25, 0.3) is 0 Å². The lowest BCUT2D eigenvalue weighted by Crippen LogP contribution is -1.95. The summed E-state index contributed by atoms with van der Waals surface area (Å²) < 4.78 is 0. The number of aromatic amines is 1. The smallest absolute Gasteiger partial charge is 0.156 e. The van der Waals surface area contributed by atoms with E-state index in [0.717, 1.165) is 17.2 Å². The van der Waals surface area contributed by atoms with Crippen LogP contribution in [0.3, 0.4) is 0 Å². The van der Waals surface area contributed by atoms with E-state index in [0.29, 0.717) is 5.92 Å². The summed E-state index contributed by atoms with van der Waals surface area (Å²) >= 11 is 0. The number of H-pyrrole nitrogens is 1. The van der Waals surface area contributed by atoms with Crippen LogP contribution in [-0.2, 0) is 0 Å². The minimum absolute atomic E-state index is 0.409. The number of hydrogen-bond acceptors (Lipinski definition) is 3. The van der Waals surface area contributed by atoms with Crippen molar-refractivity contribution in [3.05, 3.63) is 30.5 Å². The van der Waals surface area contributed by atoms with Crippen LogP contribution in [0.25, 0.3) is 11.5 Å². The molecule has 72 valence electrons. The van der Waals surface area contributed by atoms with Gasteiger partial charge in [0.15, 0.2) is 5.82 Å². The van der Waals surface area contributed by atoms with Gasteiger partial charge in [-0.3, -0.25) is 0 Å². The molecule has 2 heterocycles. The average Bonchev–Trinajstić information content (AvgIpc) is 2.71. The number of rotatable bonds is 2. The molecule has 14 heavy (non-hydrogen) atoms. The Morgan fingerprint density at radius 1 is 1.21 bits per heavy atom. The van der Waals surface area contributed by atoms with Crippen molar-refractivity contribution in [2.24, 2.45) is 0 Å². The Hall–Kier alpha value is -1.71. The third-order valence-corrected chi connectivity index (χ3v) is 2.02. The van der Waals surface area contributed by atoms with Crippen LogP contribution in [0.15, 0.2) is 24.8 Å². The summed E-state index contributed by atoms with van der Waals surface area (Å²) in [6.07, 6.45) is 5.08. The predicted octanol–water partition coefficient (Wildman–Crippen LogP) is 1.99. The summed E-state index contributed by atoms with van der Waals surface area (Å²) in [5, 5.41) is 0. The standard InChI is InChI=1S/C10H12N4/c1-7(2)8-5-9(14-6-13-8)10-11-3-4-12-10/h3-7H,1-2H3,(H,11,12). The van der Waals surface area contributed by atoms with E-state index in [-0.39, 0.29) is 0 Å². The monoisotopic (exact) mass is 188 g/mol. The van der Waals surface area contributed by atoms with Gasteiger partial charge >= 0.3 is 0 Å². The van der Waals surface area contributed by atoms with E-state index in [9.17, 15) is 0 Å². The molecule has 1 N–H and O–H groups in total. The summed E-state index contributed by atoms with van der Waals surface area (Å²) in [5.41, 5.74) is 1.88. The molecule has 0 aromatic carbocycles. The number of aromatic nitrogens is 4. The minimum atomic E-state index is 0.409. The normalized spacial score (nSPS) is 10.8. The lowest BCUT2D eigenvalue weighted by molar-refractivity contribution is 0.814. The maximum absolute atomic E-state index is 4.20. The van der Waals surface area contributed by atoms with Gasteiger partial charge in [0.2, 0.25) is 0 Å². The fraction of sp³-hybridized carbons (Fsp3) is 0.300. The lowest BCUT2D eigenvalue weighted by atomic mass is 10.1. The van der Waals surface area contributed by atoms with E-state index in [2.05, 4.69) is 33.8 Å².